The molecule has 0 aliphatic rings. The minimum absolute atomic E-state index is 1.26. The van der Waals surface area contributed by atoms with Crippen LogP contribution >= 0.6 is 0 Å². The maximum atomic E-state index is 3.76. The summed E-state index contributed by atoms with van der Waals surface area (Å²) >= 11 is 0. The van der Waals surface area contributed by atoms with E-state index in [0.717, 1.165) is 0 Å². The number of hydrogen-bond donors (Lipinski definition) is 3. The Morgan fingerprint density at radius 1 is 0.256 bits per heavy atom. The van der Waals surface area contributed by atoms with Crippen LogP contribution in [-0.4, -0.2) is 15.0 Å². The minimum Gasteiger partial charge on any atom is -0.360 e. The van der Waals surface area contributed by atoms with E-state index in [-0.39, 0.29) is 0 Å². The monoisotopic (exact) mass is 489 g/mol. The van der Waals surface area contributed by atoms with Crippen molar-refractivity contribution in [3.05, 3.63) is 73.2 Å². The van der Waals surface area contributed by atoms with E-state index in [1.54, 1.807) is 0 Å². The van der Waals surface area contributed by atoms with Gasteiger partial charge in [-0.05, 0) is 16.2 Å². The second-order valence-electron chi connectivity index (χ2n) is 11.8. The number of hydrogen-bond acceptors (Lipinski definition) is 0. The number of fused-ring (bicyclic) bond motifs is 6. The lowest BCUT2D eigenvalue weighted by molar-refractivity contribution is 1.50. The lowest BCUT2D eigenvalue weighted by Crippen LogP contribution is -1.97. The molecule has 10 aromatic carbocycles. The van der Waals surface area contributed by atoms with Gasteiger partial charge in [-0.2, -0.15) is 0 Å². The Morgan fingerprint density at radius 2 is 0.538 bits per heavy atom. The van der Waals surface area contributed by atoms with Crippen molar-refractivity contribution in [1.29, 1.82) is 0 Å². The standard InChI is InChI=1S/C36H15N3/c1-4-13-19-10-38-35-17-8-3-6-15-21-12-39-36-18-9-2-5-14-20-11-37-34-16(7-1)22(13)28-31(25(19)35)29(24(15)17)33(27(21)36)30(23(14)18)32(28)26(20)34/h1-12,37-39H. The molecule has 3 heterocycles. The molecule has 0 unspecified atom stereocenters. The third-order valence-electron chi connectivity index (χ3n) is 10.5. The van der Waals surface area contributed by atoms with Crippen molar-refractivity contribution in [3.8, 4) is 0 Å². The molecule has 0 aliphatic carbocycles. The van der Waals surface area contributed by atoms with E-state index >= 15 is 0 Å². The van der Waals surface area contributed by atoms with E-state index in [0.29, 0.717) is 0 Å². The molecule has 13 aromatic rings. The van der Waals surface area contributed by atoms with Crippen molar-refractivity contribution in [2.24, 2.45) is 0 Å². The Bertz CT molecular complexity index is 2620. The highest BCUT2D eigenvalue weighted by Gasteiger charge is 2.31. The third-order valence-corrected chi connectivity index (χ3v) is 10.5. The van der Waals surface area contributed by atoms with Crippen molar-refractivity contribution >= 4 is 130 Å². The fraction of sp³-hybridized carbons (Fsp3) is 0. The number of rotatable bonds is 0. The van der Waals surface area contributed by atoms with Gasteiger partial charge < -0.3 is 15.0 Å². The molecule has 0 spiro atoms. The van der Waals surface area contributed by atoms with Gasteiger partial charge in [0, 0.05) is 116 Å². The summed E-state index contributed by atoms with van der Waals surface area (Å²) in [5.41, 5.74) is 3.79. The first-order valence-electron chi connectivity index (χ1n) is 13.7. The molecule has 3 nitrogen and oxygen atoms in total. The van der Waals surface area contributed by atoms with E-state index in [4.69, 9.17) is 0 Å². The van der Waals surface area contributed by atoms with Gasteiger partial charge in [-0.15, -0.1) is 0 Å². The Labute approximate surface area is 217 Å². The molecular formula is C36H15N3. The summed E-state index contributed by atoms with van der Waals surface area (Å²) in [7, 11) is 0. The number of aromatic nitrogens is 3. The van der Waals surface area contributed by atoms with Gasteiger partial charge in [0.1, 0.15) is 0 Å². The van der Waals surface area contributed by atoms with Crippen LogP contribution in [0.4, 0.5) is 0 Å². The second-order valence-corrected chi connectivity index (χ2v) is 11.8. The lowest BCUT2D eigenvalue weighted by atomic mass is 9.76. The minimum atomic E-state index is 1.26. The molecule has 0 amide bonds. The number of aromatic amines is 3. The van der Waals surface area contributed by atoms with E-state index in [9.17, 15) is 0 Å². The summed E-state index contributed by atoms with van der Waals surface area (Å²) in [6, 6.07) is 20.7. The van der Waals surface area contributed by atoms with Crippen LogP contribution in [0.25, 0.3) is 130 Å². The largest absolute Gasteiger partial charge is 0.360 e. The van der Waals surface area contributed by atoms with Crippen LogP contribution in [0.2, 0.25) is 0 Å². The molecule has 174 valence electrons. The van der Waals surface area contributed by atoms with Gasteiger partial charge in [-0.3, -0.25) is 0 Å². The van der Waals surface area contributed by atoms with Gasteiger partial charge in [-0.25, -0.2) is 0 Å². The highest BCUT2D eigenvalue weighted by atomic mass is 14.7. The van der Waals surface area contributed by atoms with Gasteiger partial charge in [0.05, 0.1) is 16.6 Å². The van der Waals surface area contributed by atoms with Crippen LogP contribution in [0.5, 0.6) is 0 Å². The van der Waals surface area contributed by atoms with E-state index in [2.05, 4.69) is 88.1 Å². The third kappa shape index (κ3) is 1.42. The molecule has 0 bridgehead atoms. The van der Waals surface area contributed by atoms with Gasteiger partial charge in [0.2, 0.25) is 0 Å². The highest BCUT2D eigenvalue weighted by molar-refractivity contribution is 6.60. The molecule has 0 saturated heterocycles. The maximum Gasteiger partial charge on any atom is 0.0547 e. The van der Waals surface area contributed by atoms with Gasteiger partial charge in [-0.1, -0.05) is 54.6 Å². The number of benzene rings is 10. The molecule has 0 atom stereocenters. The first-order chi connectivity index (χ1) is 19.4. The molecule has 0 saturated carbocycles. The molecule has 13 rings (SSSR count). The van der Waals surface area contributed by atoms with Gasteiger partial charge in [0.25, 0.3) is 0 Å². The van der Waals surface area contributed by atoms with Crippen molar-refractivity contribution in [2.75, 3.05) is 0 Å². The SMILES string of the molecule is c1cc2c3c[nH]c4c5cccc6c7c[nH]c8c9cccc%10c%11c[nH]c%12c(c1)c2c1c(c34)c(c65)c(c78)c(c%109)c1c%11%12. The molecule has 0 radical (unpaired) electrons. The fourth-order valence-electron chi connectivity index (χ4n) is 9.34. The molecule has 0 fully saturated rings. The Balaban J connectivity index is 1.66. The second kappa shape index (κ2) is 4.93. The van der Waals surface area contributed by atoms with Crippen molar-refractivity contribution in [3.63, 3.8) is 0 Å². The van der Waals surface area contributed by atoms with Gasteiger partial charge in [0.15, 0.2) is 0 Å². The van der Waals surface area contributed by atoms with Crippen LogP contribution in [0.3, 0.4) is 0 Å². The normalized spacial score (nSPS) is 14.2. The molecule has 0 aliphatic heterocycles. The lowest BCUT2D eigenvalue weighted by Gasteiger charge is -2.25. The summed E-state index contributed by atoms with van der Waals surface area (Å²) in [5.74, 6) is 0. The van der Waals surface area contributed by atoms with Crippen LogP contribution < -0.4 is 0 Å². The van der Waals surface area contributed by atoms with E-state index < -0.39 is 0 Å². The summed E-state index contributed by atoms with van der Waals surface area (Å²) in [6.07, 6.45) is 6.77. The van der Waals surface area contributed by atoms with E-state index in [1.807, 2.05) is 0 Å². The zero-order valence-electron chi connectivity index (χ0n) is 20.4. The van der Waals surface area contributed by atoms with Crippen LogP contribution in [-0.2, 0) is 0 Å². The molecule has 3 N–H and O–H groups in total. The van der Waals surface area contributed by atoms with E-state index in [1.165, 1.54) is 130 Å². The smallest absolute Gasteiger partial charge is 0.0547 e. The predicted octanol–water partition coefficient (Wildman–Crippen LogP) is 10.1. The quantitative estimate of drug-likeness (QED) is 0.140. The maximum absolute atomic E-state index is 3.76. The molecule has 3 heteroatoms. The van der Waals surface area contributed by atoms with Crippen molar-refractivity contribution in [2.45, 2.75) is 0 Å². The highest BCUT2D eigenvalue weighted by Crippen LogP contribution is 2.59. The summed E-state index contributed by atoms with van der Waals surface area (Å²) in [6.45, 7) is 0. The molecular weight excluding hydrogens is 474 g/mol. The summed E-state index contributed by atoms with van der Waals surface area (Å²) in [4.78, 5) is 11.3. The van der Waals surface area contributed by atoms with Crippen molar-refractivity contribution in [1.82, 2.24) is 15.0 Å². The molecule has 3 aromatic heterocycles. The van der Waals surface area contributed by atoms with Crippen molar-refractivity contribution < 1.29 is 0 Å². The Hall–Kier alpha value is -5.28. The molecule has 39 heavy (non-hydrogen) atoms. The Kier molecular flexibility index (Phi) is 2.18. The average molecular weight is 490 g/mol. The van der Waals surface area contributed by atoms with Crippen LogP contribution in [0.1, 0.15) is 0 Å². The topological polar surface area (TPSA) is 47.4 Å². The average Bonchev–Trinajstić information content (AvgIpc) is 3.73. The van der Waals surface area contributed by atoms with Gasteiger partial charge >= 0.3 is 0 Å². The van der Waals surface area contributed by atoms with Crippen LogP contribution in [0, 0.1) is 0 Å². The number of nitrogens with one attached hydrogen (secondary N) is 3. The number of H-pyrrole nitrogens is 3. The summed E-state index contributed by atoms with van der Waals surface area (Å²) in [5, 5.41) is 29.0. The Morgan fingerprint density at radius 3 is 0.872 bits per heavy atom. The summed E-state index contributed by atoms with van der Waals surface area (Å²) < 4.78 is 0. The fourth-order valence-corrected chi connectivity index (χ4v) is 9.34. The predicted molar refractivity (Wildman–Crippen MR) is 167 cm³/mol. The zero-order valence-corrected chi connectivity index (χ0v) is 20.4. The zero-order chi connectivity index (χ0) is 24.5. The first-order valence-corrected chi connectivity index (χ1v) is 13.7. The first kappa shape index (κ1) is 17.3. The van der Waals surface area contributed by atoms with Crippen LogP contribution in [0.15, 0.2) is 73.2 Å².